The Kier molecular flexibility index (Phi) is 5.15. The highest BCUT2D eigenvalue weighted by molar-refractivity contribution is 7.10. The number of ether oxygens (including phenoxy) is 1. The van der Waals surface area contributed by atoms with Gasteiger partial charge >= 0.3 is 0 Å². The SMILES string of the molecule is COc1cc(C)nc(CNC(c2cccs2)C(C)C)c1. The van der Waals surface area contributed by atoms with E-state index in [9.17, 15) is 0 Å². The van der Waals surface area contributed by atoms with Gasteiger partial charge in [-0.15, -0.1) is 11.3 Å². The van der Waals surface area contributed by atoms with Crippen LogP contribution in [0.4, 0.5) is 0 Å². The second-order valence-electron chi connectivity index (χ2n) is 5.26. The Morgan fingerprint density at radius 3 is 2.75 bits per heavy atom. The number of nitrogens with zero attached hydrogens (tertiary/aromatic N) is 1. The van der Waals surface area contributed by atoms with Gasteiger partial charge in [0.25, 0.3) is 0 Å². The third-order valence-corrected chi connectivity index (χ3v) is 4.19. The normalized spacial score (nSPS) is 12.7. The second kappa shape index (κ2) is 6.86. The average molecular weight is 290 g/mol. The number of methoxy groups -OCH3 is 1. The van der Waals surface area contributed by atoms with Crippen LogP contribution in [-0.4, -0.2) is 12.1 Å². The van der Waals surface area contributed by atoms with E-state index in [0.29, 0.717) is 12.0 Å². The van der Waals surface area contributed by atoms with Gasteiger partial charge in [0, 0.05) is 35.3 Å². The standard InChI is InChI=1S/C16H22N2OS/c1-11(2)16(15-6-5-7-20-15)17-10-13-9-14(19-4)8-12(3)18-13/h5-9,11,16-17H,10H2,1-4H3. The molecular weight excluding hydrogens is 268 g/mol. The fraction of sp³-hybridized carbons (Fsp3) is 0.438. The van der Waals surface area contributed by atoms with Crippen LogP contribution in [0, 0.1) is 12.8 Å². The fourth-order valence-electron chi connectivity index (χ4n) is 2.26. The van der Waals surface area contributed by atoms with Crippen LogP contribution in [0.25, 0.3) is 0 Å². The van der Waals surface area contributed by atoms with Crippen LogP contribution in [0.3, 0.4) is 0 Å². The Balaban J connectivity index is 2.08. The molecule has 0 amide bonds. The molecule has 4 heteroatoms. The van der Waals surface area contributed by atoms with Crippen molar-refractivity contribution in [3.63, 3.8) is 0 Å². The molecule has 2 aromatic rings. The minimum atomic E-state index is 0.364. The molecule has 1 unspecified atom stereocenters. The van der Waals surface area contributed by atoms with Crippen molar-refractivity contribution >= 4 is 11.3 Å². The van der Waals surface area contributed by atoms with E-state index >= 15 is 0 Å². The highest BCUT2D eigenvalue weighted by atomic mass is 32.1. The quantitative estimate of drug-likeness (QED) is 0.874. The Labute approximate surface area is 125 Å². The van der Waals surface area contributed by atoms with E-state index in [1.165, 1.54) is 4.88 Å². The van der Waals surface area contributed by atoms with E-state index in [2.05, 4.69) is 41.7 Å². The van der Waals surface area contributed by atoms with Crippen molar-refractivity contribution in [1.82, 2.24) is 10.3 Å². The lowest BCUT2D eigenvalue weighted by atomic mass is 10.0. The predicted octanol–water partition coefficient (Wildman–Crippen LogP) is 3.95. The zero-order valence-corrected chi connectivity index (χ0v) is 13.3. The third kappa shape index (κ3) is 3.81. The summed E-state index contributed by atoms with van der Waals surface area (Å²) in [5.41, 5.74) is 2.00. The van der Waals surface area contributed by atoms with Gasteiger partial charge in [0.1, 0.15) is 5.75 Å². The van der Waals surface area contributed by atoms with Crippen LogP contribution in [0.5, 0.6) is 5.75 Å². The largest absolute Gasteiger partial charge is 0.497 e. The van der Waals surface area contributed by atoms with E-state index in [4.69, 9.17) is 4.74 Å². The number of aryl methyl sites for hydroxylation is 1. The molecule has 108 valence electrons. The first-order valence-electron chi connectivity index (χ1n) is 6.88. The van der Waals surface area contributed by atoms with Gasteiger partial charge in [0.05, 0.1) is 12.8 Å². The van der Waals surface area contributed by atoms with Crippen molar-refractivity contribution in [3.8, 4) is 5.75 Å². The summed E-state index contributed by atoms with van der Waals surface area (Å²) in [6.07, 6.45) is 0. The monoisotopic (exact) mass is 290 g/mol. The number of hydrogen-bond donors (Lipinski definition) is 1. The summed E-state index contributed by atoms with van der Waals surface area (Å²) in [6, 6.07) is 8.59. The highest BCUT2D eigenvalue weighted by Crippen LogP contribution is 2.26. The Morgan fingerprint density at radius 1 is 1.35 bits per heavy atom. The molecule has 0 aliphatic heterocycles. The van der Waals surface area contributed by atoms with Crippen LogP contribution in [0.15, 0.2) is 29.6 Å². The molecule has 0 saturated carbocycles. The van der Waals surface area contributed by atoms with E-state index in [-0.39, 0.29) is 0 Å². The van der Waals surface area contributed by atoms with Gasteiger partial charge in [0.2, 0.25) is 0 Å². The smallest absolute Gasteiger partial charge is 0.122 e. The number of hydrogen-bond acceptors (Lipinski definition) is 4. The number of thiophene rings is 1. The van der Waals surface area contributed by atoms with Crippen molar-refractivity contribution in [2.75, 3.05) is 7.11 Å². The van der Waals surface area contributed by atoms with Crippen LogP contribution in [0.2, 0.25) is 0 Å². The molecule has 0 saturated heterocycles. The molecule has 0 radical (unpaired) electrons. The second-order valence-corrected chi connectivity index (χ2v) is 6.24. The van der Waals surface area contributed by atoms with Gasteiger partial charge in [-0.1, -0.05) is 19.9 Å². The lowest BCUT2D eigenvalue weighted by molar-refractivity contribution is 0.405. The molecule has 3 nitrogen and oxygen atoms in total. The number of aromatic nitrogens is 1. The van der Waals surface area contributed by atoms with Crippen molar-refractivity contribution in [3.05, 3.63) is 45.9 Å². The lowest BCUT2D eigenvalue weighted by Crippen LogP contribution is -2.25. The first-order chi connectivity index (χ1) is 9.60. The van der Waals surface area contributed by atoms with Crippen molar-refractivity contribution in [2.24, 2.45) is 5.92 Å². The topological polar surface area (TPSA) is 34.1 Å². The number of nitrogens with one attached hydrogen (secondary N) is 1. The van der Waals surface area contributed by atoms with Gasteiger partial charge in [0.15, 0.2) is 0 Å². The van der Waals surface area contributed by atoms with E-state index in [1.807, 2.05) is 19.1 Å². The summed E-state index contributed by atoms with van der Waals surface area (Å²) in [4.78, 5) is 5.93. The summed E-state index contributed by atoms with van der Waals surface area (Å²) in [6.45, 7) is 7.22. The fourth-order valence-corrected chi connectivity index (χ4v) is 3.23. The summed E-state index contributed by atoms with van der Waals surface area (Å²) >= 11 is 1.80. The average Bonchev–Trinajstić information content (AvgIpc) is 2.91. The van der Waals surface area contributed by atoms with Gasteiger partial charge in [-0.05, 0) is 24.3 Å². The molecule has 0 bridgehead atoms. The van der Waals surface area contributed by atoms with Gasteiger partial charge in [-0.3, -0.25) is 4.98 Å². The van der Waals surface area contributed by atoms with Crippen LogP contribution >= 0.6 is 11.3 Å². The Bertz CT molecular complexity index is 537. The van der Waals surface area contributed by atoms with E-state index < -0.39 is 0 Å². The molecule has 0 spiro atoms. The molecule has 0 aromatic carbocycles. The minimum absolute atomic E-state index is 0.364. The van der Waals surface area contributed by atoms with Crippen molar-refractivity contribution < 1.29 is 4.74 Å². The molecule has 2 heterocycles. The highest BCUT2D eigenvalue weighted by Gasteiger charge is 2.16. The molecule has 1 atom stereocenters. The molecule has 2 rings (SSSR count). The summed E-state index contributed by atoms with van der Waals surface area (Å²) in [7, 11) is 1.69. The molecule has 0 aliphatic carbocycles. The summed E-state index contributed by atoms with van der Waals surface area (Å²) < 4.78 is 5.30. The maximum absolute atomic E-state index is 5.30. The number of rotatable bonds is 6. The number of pyridine rings is 1. The van der Waals surface area contributed by atoms with Gasteiger partial charge in [-0.25, -0.2) is 0 Å². The molecular formula is C16H22N2OS. The van der Waals surface area contributed by atoms with Crippen LogP contribution in [0.1, 0.15) is 36.2 Å². The molecule has 1 N–H and O–H groups in total. The predicted molar refractivity (Wildman–Crippen MR) is 84.3 cm³/mol. The maximum Gasteiger partial charge on any atom is 0.122 e. The van der Waals surface area contributed by atoms with Gasteiger partial charge in [-0.2, -0.15) is 0 Å². The third-order valence-electron chi connectivity index (χ3n) is 3.24. The molecule has 20 heavy (non-hydrogen) atoms. The summed E-state index contributed by atoms with van der Waals surface area (Å²) in [5, 5.41) is 5.73. The first-order valence-corrected chi connectivity index (χ1v) is 7.76. The maximum atomic E-state index is 5.30. The zero-order chi connectivity index (χ0) is 14.5. The van der Waals surface area contributed by atoms with Crippen molar-refractivity contribution in [1.29, 1.82) is 0 Å². The van der Waals surface area contributed by atoms with E-state index in [0.717, 1.165) is 23.7 Å². The zero-order valence-electron chi connectivity index (χ0n) is 12.5. The van der Waals surface area contributed by atoms with Crippen LogP contribution in [-0.2, 0) is 6.54 Å². The minimum Gasteiger partial charge on any atom is -0.497 e. The van der Waals surface area contributed by atoms with Crippen molar-refractivity contribution in [2.45, 2.75) is 33.4 Å². The summed E-state index contributed by atoms with van der Waals surface area (Å²) in [5.74, 6) is 1.41. The Hall–Kier alpha value is -1.39. The molecule has 0 aliphatic rings. The molecule has 0 fully saturated rings. The first kappa shape index (κ1) is 15.0. The van der Waals surface area contributed by atoms with E-state index in [1.54, 1.807) is 18.4 Å². The lowest BCUT2D eigenvalue weighted by Gasteiger charge is -2.21. The Morgan fingerprint density at radius 2 is 2.15 bits per heavy atom. The van der Waals surface area contributed by atoms with Crippen LogP contribution < -0.4 is 10.1 Å². The van der Waals surface area contributed by atoms with Gasteiger partial charge < -0.3 is 10.1 Å². The molecule has 2 aromatic heterocycles.